The highest BCUT2D eigenvalue weighted by Gasteiger charge is 2.08. The molecule has 0 aliphatic carbocycles. The SMILES string of the molecule is CC(C)C(=O)Nc1ccc(C(=O)NN=Cc2ccsc2)cc1. The molecule has 0 atom stereocenters. The van der Waals surface area contributed by atoms with Gasteiger partial charge in [0, 0.05) is 22.7 Å². The van der Waals surface area contributed by atoms with Crippen molar-refractivity contribution in [2.45, 2.75) is 13.8 Å². The van der Waals surface area contributed by atoms with Gasteiger partial charge in [0.15, 0.2) is 0 Å². The lowest BCUT2D eigenvalue weighted by atomic mass is 10.1. The van der Waals surface area contributed by atoms with Crippen molar-refractivity contribution in [3.8, 4) is 0 Å². The molecule has 0 saturated carbocycles. The van der Waals surface area contributed by atoms with E-state index in [9.17, 15) is 9.59 Å². The third-order valence-electron chi connectivity index (χ3n) is 2.86. The Hall–Kier alpha value is -2.47. The maximum atomic E-state index is 11.9. The quantitative estimate of drug-likeness (QED) is 0.657. The number of nitrogens with one attached hydrogen (secondary N) is 2. The van der Waals surface area contributed by atoms with E-state index >= 15 is 0 Å². The normalized spacial score (nSPS) is 10.9. The van der Waals surface area contributed by atoms with Crippen molar-refractivity contribution in [3.63, 3.8) is 0 Å². The van der Waals surface area contributed by atoms with Gasteiger partial charge in [-0.3, -0.25) is 9.59 Å². The predicted octanol–water partition coefficient (Wildman–Crippen LogP) is 3.11. The zero-order valence-electron chi connectivity index (χ0n) is 12.4. The Morgan fingerprint density at radius 2 is 1.91 bits per heavy atom. The highest BCUT2D eigenvalue weighted by Crippen LogP contribution is 2.11. The van der Waals surface area contributed by atoms with Gasteiger partial charge in [-0.25, -0.2) is 5.43 Å². The third kappa shape index (κ3) is 4.53. The molecule has 0 radical (unpaired) electrons. The third-order valence-corrected chi connectivity index (χ3v) is 3.56. The first-order chi connectivity index (χ1) is 10.6. The second-order valence-corrected chi connectivity index (χ2v) is 5.76. The zero-order chi connectivity index (χ0) is 15.9. The van der Waals surface area contributed by atoms with Crippen molar-refractivity contribution in [1.82, 2.24) is 5.43 Å². The topological polar surface area (TPSA) is 70.6 Å². The Labute approximate surface area is 133 Å². The monoisotopic (exact) mass is 315 g/mol. The summed E-state index contributed by atoms with van der Waals surface area (Å²) in [6.45, 7) is 3.64. The van der Waals surface area contributed by atoms with Gasteiger partial charge >= 0.3 is 0 Å². The van der Waals surface area contributed by atoms with E-state index < -0.39 is 0 Å². The summed E-state index contributed by atoms with van der Waals surface area (Å²) >= 11 is 1.56. The van der Waals surface area contributed by atoms with E-state index in [1.165, 1.54) is 0 Å². The van der Waals surface area contributed by atoms with Gasteiger partial charge in [-0.05, 0) is 41.1 Å². The van der Waals surface area contributed by atoms with Crippen LogP contribution < -0.4 is 10.7 Å². The van der Waals surface area contributed by atoms with Crippen LogP contribution >= 0.6 is 11.3 Å². The number of carbonyl (C=O) groups excluding carboxylic acids is 2. The van der Waals surface area contributed by atoms with E-state index in [-0.39, 0.29) is 17.7 Å². The average Bonchev–Trinajstić information content (AvgIpc) is 3.01. The largest absolute Gasteiger partial charge is 0.326 e. The first-order valence-corrected chi connectivity index (χ1v) is 7.77. The minimum absolute atomic E-state index is 0.0578. The number of hydrogen-bond donors (Lipinski definition) is 2. The van der Waals surface area contributed by atoms with Crippen LogP contribution in [-0.4, -0.2) is 18.0 Å². The molecule has 2 rings (SSSR count). The van der Waals surface area contributed by atoms with Crippen LogP contribution in [-0.2, 0) is 4.79 Å². The van der Waals surface area contributed by atoms with Gasteiger partial charge in [-0.15, -0.1) is 0 Å². The van der Waals surface area contributed by atoms with E-state index in [0.29, 0.717) is 11.3 Å². The minimum Gasteiger partial charge on any atom is -0.326 e. The van der Waals surface area contributed by atoms with Gasteiger partial charge in [-0.1, -0.05) is 13.8 Å². The van der Waals surface area contributed by atoms with Gasteiger partial charge in [0.2, 0.25) is 5.91 Å². The molecule has 5 nitrogen and oxygen atoms in total. The summed E-state index contributed by atoms with van der Waals surface area (Å²) in [6.07, 6.45) is 1.59. The van der Waals surface area contributed by atoms with Crippen LogP contribution in [0.2, 0.25) is 0 Å². The number of amides is 2. The van der Waals surface area contributed by atoms with E-state index in [0.717, 1.165) is 5.56 Å². The molecular formula is C16H17N3O2S. The molecule has 0 bridgehead atoms. The highest BCUT2D eigenvalue weighted by molar-refractivity contribution is 7.08. The number of hydrazone groups is 1. The summed E-state index contributed by atoms with van der Waals surface area (Å²) in [5.41, 5.74) is 4.55. The Balaban J connectivity index is 1.92. The Bertz CT molecular complexity index is 661. The zero-order valence-corrected chi connectivity index (χ0v) is 13.2. The smallest absolute Gasteiger partial charge is 0.271 e. The molecule has 0 unspecified atom stereocenters. The van der Waals surface area contributed by atoms with Crippen LogP contribution in [0.1, 0.15) is 29.8 Å². The second-order valence-electron chi connectivity index (χ2n) is 4.98. The molecule has 114 valence electrons. The van der Waals surface area contributed by atoms with Crippen molar-refractivity contribution < 1.29 is 9.59 Å². The molecule has 0 spiro atoms. The number of anilines is 1. The number of benzene rings is 1. The summed E-state index contributed by atoms with van der Waals surface area (Å²) < 4.78 is 0. The molecule has 1 aromatic carbocycles. The van der Waals surface area contributed by atoms with Gasteiger partial charge in [0.05, 0.1) is 6.21 Å². The van der Waals surface area contributed by atoms with Crippen molar-refractivity contribution in [2.75, 3.05) is 5.32 Å². The lowest BCUT2D eigenvalue weighted by Gasteiger charge is -2.08. The molecule has 2 N–H and O–H groups in total. The maximum absolute atomic E-state index is 11.9. The van der Waals surface area contributed by atoms with Crippen molar-refractivity contribution in [1.29, 1.82) is 0 Å². The van der Waals surface area contributed by atoms with E-state index in [1.54, 1.807) is 41.8 Å². The van der Waals surface area contributed by atoms with Gasteiger partial charge in [0.25, 0.3) is 5.91 Å². The van der Waals surface area contributed by atoms with Gasteiger partial charge in [-0.2, -0.15) is 16.4 Å². The van der Waals surface area contributed by atoms with Gasteiger partial charge in [0.1, 0.15) is 0 Å². The number of rotatable bonds is 5. The molecule has 1 aromatic heterocycles. The summed E-state index contributed by atoms with van der Waals surface area (Å²) in [5, 5.41) is 10.5. The maximum Gasteiger partial charge on any atom is 0.271 e. The van der Waals surface area contributed by atoms with E-state index in [2.05, 4.69) is 15.8 Å². The summed E-state index contributed by atoms with van der Waals surface area (Å²) in [6, 6.07) is 8.58. The molecule has 22 heavy (non-hydrogen) atoms. The van der Waals surface area contributed by atoms with Crippen LogP contribution in [0.3, 0.4) is 0 Å². The molecule has 0 aliphatic heterocycles. The average molecular weight is 315 g/mol. The van der Waals surface area contributed by atoms with Crippen molar-refractivity contribution in [3.05, 3.63) is 52.2 Å². The minimum atomic E-state index is -0.298. The molecule has 2 aromatic rings. The predicted molar refractivity (Wildman–Crippen MR) is 89.3 cm³/mol. The lowest BCUT2D eigenvalue weighted by Crippen LogP contribution is -2.19. The lowest BCUT2D eigenvalue weighted by molar-refractivity contribution is -0.118. The number of hydrogen-bond acceptors (Lipinski definition) is 4. The standard InChI is InChI=1S/C16H17N3O2S/c1-11(2)15(20)18-14-5-3-13(4-6-14)16(21)19-17-9-12-7-8-22-10-12/h3-11H,1-2H3,(H,18,20)(H,19,21). The number of thiophene rings is 1. The molecule has 2 amide bonds. The highest BCUT2D eigenvalue weighted by atomic mass is 32.1. The Morgan fingerprint density at radius 3 is 2.50 bits per heavy atom. The van der Waals surface area contributed by atoms with Crippen molar-refractivity contribution in [2.24, 2.45) is 11.0 Å². The summed E-state index contributed by atoms with van der Waals surface area (Å²) in [7, 11) is 0. The fourth-order valence-corrected chi connectivity index (χ4v) is 2.18. The fraction of sp³-hybridized carbons (Fsp3) is 0.188. The Kier molecular flexibility index (Phi) is 5.43. The molecular weight excluding hydrogens is 298 g/mol. The molecule has 0 saturated heterocycles. The molecule has 0 fully saturated rings. The van der Waals surface area contributed by atoms with Crippen LogP contribution in [0.25, 0.3) is 0 Å². The first-order valence-electron chi connectivity index (χ1n) is 6.83. The van der Waals surface area contributed by atoms with Crippen LogP contribution in [0, 0.1) is 5.92 Å². The number of carbonyl (C=O) groups is 2. The van der Waals surface area contributed by atoms with E-state index in [4.69, 9.17) is 0 Å². The molecule has 6 heteroatoms. The van der Waals surface area contributed by atoms with E-state index in [1.807, 2.05) is 30.7 Å². The summed E-state index contributed by atoms with van der Waals surface area (Å²) in [4.78, 5) is 23.5. The van der Waals surface area contributed by atoms with Crippen LogP contribution in [0.15, 0.2) is 46.2 Å². The second kappa shape index (κ2) is 7.51. The van der Waals surface area contributed by atoms with Crippen LogP contribution in [0.4, 0.5) is 5.69 Å². The van der Waals surface area contributed by atoms with Crippen molar-refractivity contribution >= 4 is 35.1 Å². The van der Waals surface area contributed by atoms with Crippen LogP contribution in [0.5, 0.6) is 0 Å². The molecule has 1 heterocycles. The fourth-order valence-electron chi connectivity index (χ4n) is 1.57. The van der Waals surface area contributed by atoms with Gasteiger partial charge < -0.3 is 5.32 Å². The molecule has 0 aliphatic rings. The number of nitrogens with zero attached hydrogens (tertiary/aromatic N) is 1. The summed E-state index contributed by atoms with van der Waals surface area (Å²) in [5.74, 6) is -0.444. The first kappa shape index (κ1) is 15.9. The Morgan fingerprint density at radius 1 is 1.18 bits per heavy atom.